The van der Waals surface area contributed by atoms with E-state index >= 15 is 0 Å². The molecule has 1 aliphatic carbocycles. The van der Waals surface area contributed by atoms with Gasteiger partial charge in [-0.1, -0.05) is 19.8 Å². The molecular weight excluding hydrogens is 174 g/mol. The molecule has 0 aliphatic heterocycles. The number of hydrogen-bond donors (Lipinski definition) is 1. The van der Waals surface area contributed by atoms with Gasteiger partial charge in [0.2, 0.25) is 0 Å². The van der Waals surface area contributed by atoms with Crippen molar-refractivity contribution in [2.24, 2.45) is 0 Å². The van der Waals surface area contributed by atoms with Gasteiger partial charge in [0.1, 0.15) is 6.04 Å². The van der Waals surface area contributed by atoms with Crippen LogP contribution in [0.15, 0.2) is 0 Å². The molecule has 0 spiro atoms. The zero-order valence-corrected chi connectivity index (χ0v) is 9.29. The van der Waals surface area contributed by atoms with Gasteiger partial charge in [-0.15, -0.1) is 0 Å². The van der Waals surface area contributed by atoms with Gasteiger partial charge in [-0.2, -0.15) is 5.26 Å². The van der Waals surface area contributed by atoms with E-state index in [2.05, 4.69) is 23.2 Å². The number of likely N-dealkylation sites (N-methyl/N-ethyl adjacent to an activating group) is 2. The summed E-state index contributed by atoms with van der Waals surface area (Å²) in [6.45, 7) is 4.11. The van der Waals surface area contributed by atoms with Gasteiger partial charge in [0.05, 0.1) is 6.07 Å². The van der Waals surface area contributed by atoms with E-state index in [0.717, 1.165) is 19.1 Å². The molecule has 0 bridgehead atoms. The first-order chi connectivity index (χ1) is 6.81. The molecule has 0 aromatic rings. The maximum atomic E-state index is 8.87. The normalized spacial score (nSPS) is 19.9. The quantitative estimate of drug-likeness (QED) is 0.720. The summed E-state index contributed by atoms with van der Waals surface area (Å²) in [6.07, 6.45) is 5.35. The summed E-state index contributed by atoms with van der Waals surface area (Å²) >= 11 is 0. The zero-order chi connectivity index (χ0) is 10.4. The fourth-order valence-electron chi connectivity index (χ4n) is 2.24. The molecule has 1 fully saturated rings. The van der Waals surface area contributed by atoms with Crippen LogP contribution in [0.2, 0.25) is 0 Å². The van der Waals surface area contributed by atoms with Crippen molar-refractivity contribution in [3.8, 4) is 6.07 Å². The van der Waals surface area contributed by atoms with Crippen molar-refractivity contribution in [2.75, 3.05) is 20.1 Å². The second-order valence-corrected chi connectivity index (χ2v) is 4.00. The maximum absolute atomic E-state index is 8.87. The number of nitrogens with one attached hydrogen (secondary N) is 1. The van der Waals surface area contributed by atoms with Crippen LogP contribution in [-0.2, 0) is 0 Å². The molecule has 1 saturated carbocycles. The minimum atomic E-state index is -0.0180. The summed E-state index contributed by atoms with van der Waals surface area (Å²) in [4.78, 5) is 2.44. The Kier molecular flexibility index (Phi) is 4.92. The highest BCUT2D eigenvalue weighted by Crippen LogP contribution is 2.23. The van der Waals surface area contributed by atoms with Gasteiger partial charge < -0.3 is 5.32 Å². The van der Waals surface area contributed by atoms with Gasteiger partial charge >= 0.3 is 0 Å². The van der Waals surface area contributed by atoms with Crippen molar-refractivity contribution >= 4 is 0 Å². The average Bonchev–Trinajstić information content (AvgIpc) is 2.73. The number of nitrogens with zero attached hydrogens (tertiary/aromatic N) is 2. The molecule has 1 unspecified atom stereocenters. The highest BCUT2D eigenvalue weighted by atomic mass is 15.2. The Hall–Kier alpha value is -0.590. The zero-order valence-electron chi connectivity index (χ0n) is 9.29. The third-order valence-electron chi connectivity index (χ3n) is 3.17. The summed E-state index contributed by atoms with van der Waals surface area (Å²) in [5.74, 6) is 0. The molecule has 80 valence electrons. The molecule has 0 amide bonds. The van der Waals surface area contributed by atoms with Crippen LogP contribution < -0.4 is 5.32 Å². The summed E-state index contributed by atoms with van der Waals surface area (Å²) in [7, 11) is 1.86. The van der Waals surface area contributed by atoms with E-state index in [4.69, 9.17) is 5.26 Å². The Labute approximate surface area is 87.1 Å². The SMILES string of the molecule is CCN(CC(C#N)NC)C1CCCC1. The van der Waals surface area contributed by atoms with Gasteiger partial charge in [-0.3, -0.25) is 4.90 Å². The Morgan fingerprint density at radius 3 is 2.57 bits per heavy atom. The number of nitriles is 1. The van der Waals surface area contributed by atoms with Crippen molar-refractivity contribution in [3.05, 3.63) is 0 Å². The van der Waals surface area contributed by atoms with E-state index < -0.39 is 0 Å². The second kappa shape index (κ2) is 6.00. The van der Waals surface area contributed by atoms with E-state index in [-0.39, 0.29) is 6.04 Å². The Morgan fingerprint density at radius 1 is 1.50 bits per heavy atom. The molecule has 1 N–H and O–H groups in total. The summed E-state index contributed by atoms with van der Waals surface area (Å²) in [5, 5.41) is 11.9. The maximum Gasteiger partial charge on any atom is 0.108 e. The van der Waals surface area contributed by atoms with Crippen LogP contribution >= 0.6 is 0 Å². The van der Waals surface area contributed by atoms with Crippen molar-refractivity contribution in [1.29, 1.82) is 5.26 Å². The smallest absolute Gasteiger partial charge is 0.108 e. The highest BCUT2D eigenvalue weighted by Gasteiger charge is 2.22. The van der Waals surface area contributed by atoms with Crippen molar-refractivity contribution in [2.45, 2.75) is 44.7 Å². The lowest BCUT2D eigenvalue weighted by Gasteiger charge is -2.28. The Bertz CT molecular complexity index is 191. The van der Waals surface area contributed by atoms with Gasteiger partial charge in [-0.05, 0) is 26.4 Å². The van der Waals surface area contributed by atoms with Crippen molar-refractivity contribution in [1.82, 2.24) is 10.2 Å². The predicted molar refractivity (Wildman–Crippen MR) is 58.0 cm³/mol. The highest BCUT2D eigenvalue weighted by molar-refractivity contribution is 4.92. The lowest BCUT2D eigenvalue weighted by molar-refractivity contribution is 0.200. The Balaban J connectivity index is 2.41. The van der Waals surface area contributed by atoms with Gasteiger partial charge in [-0.25, -0.2) is 0 Å². The van der Waals surface area contributed by atoms with Crippen LogP contribution in [0.3, 0.4) is 0 Å². The second-order valence-electron chi connectivity index (χ2n) is 4.00. The van der Waals surface area contributed by atoms with Crippen LogP contribution in [0.5, 0.6) is 0 Å². The lowest BCUT2D eigenvalue weighted by Crippen LogP contribution is -2.43. The van der Waals surface area contributed by atoms with Crippen LogP contribution in [0.4, 0.5) is 0 Å². The van der Waals surface area contributed by atoms with E-state index in [1.54, 1.807) is 0 Å². The topological polar surface area (TPSA) is 39.1 Å². The largest absolute Gasteiger partial charge is 0.304 e. The summed E-state index contributed by atoms with van der Waals surface area (Å²) in [5.41, 5.74) is 0. The molecule has 3 heteroatoms. The summed E-state index contributed by atoms with van der Waals surface area (Å²) in [6, 6.07) is 3.00. The lowest BCUT2D eigenvalue weighted by atomic mass is 10.2. The fraction of sp³-hybridized carbons (Fsp3) is 0.909. The van der Waals surface area contributed by atoms with E-state index in [9.17, 15) is 0 Å². The van der Waals surface area contributed by atoms with E-state index in [0.29, 0.717) is 0 Å². The molecule has 0 aromatic heterocycles. The van der Waals surface area contributed by atoms with Crippen LogP contribution in [0.25, 0.3) is 0 Å². The first kappa shape index (κ1) is 11.5. The van der Waals surface area contributed by atoms with Gasteiger partial charge in [0, 0.05) is 12.6 Å². The van der Waals surface area contributed by atoms with E-state index in [1.807, 2.05) is 7.05 Å². The molecule has 1 atom stereocenters. The van der Waals surface area contributed by atoms with Crippen LogP contribution in [-0.4, -0.2) is 37.1 Å². The Morgan fingerprint density at radius 2 is 2.14 bits per heavy atom. The predicted octanol–water partition coefficient (Wildman–Crippen LogP) is 1.36. The van der Waals surface area contributed by atoms with Crippen molar-refractivity contribution < 1.29 is 0 Å². The molecule has 1 rings (SSSR count). The first-order valence-corrected chi connectivity index (χ1v) is 5.62. The van der Waals surface area contributed by atoms with Gasteiger partial charge in [0.15, 0.2) is 0 Å². The average molecular weight is 195 g/mol. The molecule has 3 nitrogen and oxygen atoms in total. The van der Waals surface area contributed by atoms with Gasteiger partial charge in [0.25, 0.3) is 0 Å². The van der Waals surface area contributed by atoms with Crippen molar-refractivity contribution in [3.63, 3.8) is 0 Å². The number of hydrogen-bond acceptors (Lipinski definition) is 3. The third-order valence-corrected chi connectivity index (χ3v) is 3.17. The molecule has 14 heavy (non-hydrogen) atoms. The number of rotatable bonds is 5. The summed E-state index contributed by atoms with van der Waals surface area (Å²) < 4.78 is 0. The van der Waals surface area contributed by atoms with Crippen LogP contribution in [0.1, 0.15) is 32.6 Å². The third kappa shape index (κ3) is 2.97. The van der Waals surface area contributed by atoms with E-state index in [1.165, 1.54) is 25.7 Å². The minimum absolute atomic E-state index is 0.0180. The minimum Gasteiger partial charge on any atom is -0.304 e. The molecule has 0 saturated heterocycles. The molecule has 0 heterocycles. The molecular formula is C11H21N3. The molecule has 0 radical (unpaired) electrons. The van der Waals surface area contributed by atoms with Crippen LogP contribution in [0, 0.1) is 11.3 Å². The standard InChI is InChI=1S/C11H21N3/c1-3-14(9-10(8-12)13-2)11-6-4-5-7-11/h10-11,13H,3-7,9H2,1-2H3. The monoisotopic (exact) mass is 195 g/mol. The fourth-order valence-corrected chi connectivity index (χ4v) is 2.24. The first-order valence-electron chi connectivity index (χ1n) is 5.62. The molecule has 0 aromatic carbocycles. The molecule has 1 aliphatic rings.